The first kappa shape index (κ1) is 16.7. The highest BCUT2D eigenvalue weighted by Crippen LogP contribution is 2.36. The zero-order valence-electron chi connectivity index (χ0n) is 14.1. The Hall–Kier alpha value is -1.71. The van der Waals surface area contributed by atoms with Crippen LogP contribution in [0.4, 0.5) is 11.4 Å². The lowest BCUT2D eigenvalue weighted by molar-refractivity contribution is 0.0601. The van der Waals surface area contributed by atoms with E-state index in [1.165, 1.54) is 26.4 Å². The fourth-order valence-electron chi connectivity index (χ4n) is 3.51. The number of nitrogen functional groups attached to an aromatic ring is 1. The van der Waals surface area contributed by atoms with Gasteiger partial charge in [0.15, 0.2) is 0 Å². The zero-order valence-corrected chi connectivity index (χ0v) is 14.1. The van der Waals surface area contributed by atoms with Gasteiger partial charge < -0.3 is 15.8 Å². The summed E-state index contributed by atoms with van der Waals surface area (Å²) in [7, 11) is 1.38. The van der Waals surface area contributed by atoms with Crippen LogP contribution in [0, 0.1) is 17.8 Å². The molecule has 22 heavy (non-hydrogen) atoms. The molecule has 0 unspecified atom stereocenters. The topological polar surface area (TPSA) is 64.3 Å². The van der Waals surface area contributed by atoms with Crippen molar-refractivity contribution in [1.29, 1.82) is 0 Å². The Morgan fingerprint density at radius 1 is 1.36 bits per heavy atom. The lowest BCUT2D eigenvalue weighted by atomic mass is 9.74. The van der Waals surface area contributed by atoms with Gasteiger partial charge in [-0.2, -0.15) is 0 Å². The standard InChI is InChI=1S/C18H28N2O2/c1-11(2)14-7-5-12(3)9-17(14)20-16-8-6-13(10-15(16)19)18(21)22-4/h6,8,10-12,14,17,20H,5,7,9,19H2,1-4H3/t12-,14+,17-/m1/s1. The molecule has 0 aromatic heterocycles. The number of methoxy groups -OCH3 is 1. The van der Waals surface area contributed by atoms with Gasteiger partial charge >= 0.3 is 5.97 Å². The molecular formula is C18H28N2O2. The summed E-state index contributed by atoms with van der Waals surface area (Å²) in [5.41, 5.74) is 8.12. The van der Waals surface area contributed by atoms with Crippen molar-refractivity contribution in [1.82, 2.24) is 0 Å². The molecule has 2 rings (SSSR count). The van der Waals surface area contributed by atoms with Gasteiger partial charge in [-0.1, -0.05) is 27.2 Å². The molecule has 0 saturated heterocycles. The minimum absolute atomic E-state index is 0.357. The quantitative estimate of drug-likeness (QED) is 0.653. The molecular weight excluding hydrogens is 276 g/mol. The van der Waals surface area contributed by atoms with E-state index in [-0.39, 0.29) is 5.97 Å². The van der Waals surface area contributed by atoms with E-state index in [0.717, 1.165) is 11.6 Å². The molecule has 4 nitrogen and oxygen atoms in total. The van der Waals surface area contributed by atoms with Gasteiger partial charge in [0.2, 0.25) is 0 Å². The van der Waals surface area contributed by atoms with Crippen LogP contribution < -0.4 is 11.1 Å². The van der Waals surface area contributed by atoms with E-state index >= 15 is 0 Å². The molecule has 1 aromatic rings. The van der Waals surface area contributed by atoms with Crippen molar-refractivity contribution in [2.24, 2.45) is 17.8 Å². The van der Waals surface area contributed by atoms with Crippen molar-refractivity contribution in [3.8, 4) is 0 Å². The van der Waals surface area contributed by atoms with E-state index in [0.29, 0.717) is 29.1 Å². The van der Waals surface area contributed by atoms with Crippen LogP contribution in [0.5, 0.6) is 0 Å². The lowest BCUT2D eigenvalue weighted by Crippen LogP contribution is -2.38. The Balaban J connectivity index is 2.16. The first-order valence-electron chi connectivity index (χ1n) is 8.16. The Morgan fingerprint density at radius 3 is 2.68 bits per heavy atom. The maximum atomic E-state index is 11.6. The molecule has 0 amide bonds. The summed E-state index contributed by atoms with van der Waals surface area (Å²) in [4.78, 5) is 11.6. The summed E-state index contributed by atoms with van der Waals surface area (Å²) in [6.45, 7) is 6.90. The molecule has 0 spiro atoms. The number of nitrogens with one attached hydrogen (secondary N) is 1. The van der Waals surface area contributed by atoms with Gasteiger partial charge in [-0.25, -0.2) is 4.79 Å². The number of hydrogen-bond acceptors (Lipinski definition) is 4. The molecule has 0 heterocycles. The molecule has 3 atom stereocenters. The number of anilines is 2. The fourth-order valence-corrected chi connectivity index (χ4v) is 3.51. The van der Waals surface area contributed by atoms with E-state index < -0.39 is 0 Å². The second kappa shape index (κ2) is 7.03. The van der Waals surface area contributed by atoms with E-state index in [2.05, 4.69) is 26.1 Å². The highest BCUT2D eigenvalue weighted by molar-refractivity contribution is 5.91. The minimum Gasteiger partial charge on any atom is -0.465 e. The van der Waals surface area contributed by atoms with Crippen molar-refractivity contribution in [2.45, 2.75) is 46.1 Å². The van der Waals surface area contributed by atoms with Crippen molar-refractivity contribution in [3.05, 3.63) is 23.8 Å². The van der Waals surface area contributed by atoms with Crippen LogP contribution in [0.1, 0.15) is 50.4 Å². The van der Waals surface area contributed by atoms with Gasteiger partial charge in [0.25, 0.3) is 0 Å². The maximum Gasteiger partial charge on any atom is 0.337 e. The van der Waals surface area contributed by atoms with Crippen LogP contribution in [-0.2, 0) is 4.74 Å². The number of benzene rings is 1. The smallest absolute Gasteiger partial charge is 0.337 e. The number of ether oxygens (including phenoxy) is 1. The Bertz CT molecular complexity index is 528. The average Bonchev–Trinajstić information content (AvgIpc) is 2.48. The first-order chi connectivity index (χ1) is 10.4. The van der Waals surface area contributed by atoms with Crippen molar-refractivity contribution >= 4 is 17.3 Å². The van der Waals surface area contributed by atoms with Gasteiger partial charge in [-0.15, -0.1) is 0 Å². The van der Waals surface area contributed by atoms with Gasteiger partial charge in [0, 0.05) is 6.04 Å². The van der Waals surface area contributed by atoms with Crippen molar-refractivity contribution in [3.63, 3.8) is 0 Å². The number of hydrogen-bond donors (Lipinski definition) is 2. The summed E-state index contributed by atoms with van der Waals surface area (Å²) in [5.74, 6) is 1.70. The van der Waals surface area contributed by atoms with E-state index in [4.69, 9.17) is 10.5 Å². The second-order valence-electron chi connectivity index (χ2n) is 6.87. The van der Waals surface area contributed by atoms with Crippen LogP contribution >= 0.6 is 0 Å². The predicted octanol–water partition coefficient (Wildman–Crippen LogP) is 3.93. The molecule has 3 N–H and O–H groups in total. The molecule has 0 radical (unpaired) electrons. The zero-order chi connectivity index (χ0) is 16.3. The molecule has 122 valence electrons. The first-order valence-corrected chi connectivity index (χ1v) is 8.16. The summed E-state index contributed by atoms with van der Waals surface area (Å²) in [5, 5.41) is 3.62. The number of esters is 1. The van der Waals surface area contributed by atoms with Crippen molar-refractivity contribution < 1.29 is 9.53 Å². The number of carbonyl (C=O) groups excluding carboxylic acids is 1. The summed E-state index contributed by atoms with van der Waals surface area (Å²) >= 11 is 0. The minimum atomic E-state index is -0.357. The highest BCUT2D eigenvalue weighted by Gasteiger charge is 2.30. The highest BCUT2D eigenvalue weighted by atomic mass is 16.5. The maximum absolute atomic E-state index is 11.6. The van der Waals surface area contributed by atoms with Crippen molar-refractivity contribution in [2.75, 3.05) is 18.2 Å². The van der Waals surface area contributed by atoms with Gasteiger partial charge in [-0.3, -0.25) is 0 Å². The van der Waals surface area contributed by atoms with Crippen LogP contribution in [0.25, 0.3) is 0 Å². The van der Waals surface area contributed by atoms with Crippen LogP contribution in [0.3, 0.4) is 0 Å². The monoisotopic (exact) mass is 304 g/mol. The van der Waals surface area contributed by atoms with E-state index in [1.807, 2.05) is 6.07 Å². The number of carbonyl (C=O) groups is 1. The van der Waals surface area contributed by atoms with Crippen LogP contribution in [0.15, 0.2) is 18.2 Å². The van der Waals surface area contributed by atoms with Gasteiger partial charge in [-0.05, 0) is 48.8 Å². The van der Waals surface area contributed by atoms with E-state index in [9.17, 15) is 4.79 Å². The summed E-state index contributed by atoms with van der Waals surface area (Å²) in [6, 6.07) is 5.78. The lowest BCUT2D eigenvalue weighted by Gasteiger charge is -2.38. The third-order valence-corrected chi connectivity index (χ3v) is 4.84. The largest absolute Gasteiger partial charge is 0.465 e. The van der Waals surface area contributed by atoms with E-state index in [1.54, 1.807) is 12.1 Å². The second-order valence-corrected chi connectivity index (χ2v) is 6.87. The summed E-state index contributed by atoms with van der Waals surface area (Å²) in [6.07, 6.45) is 3.73. The molecule has 1 aliphatic rings. The van der Waals surface area contributed by atoms with Crippen LogP contribution in [0.2, 0.25) is 0 Å². The summed E-state index contributed by atoms with van der Waals surface area (Å²) < 4.78 is 4.73. The Morgan fingerprint density at radius 2 is 2.09 bits per heavy atom. The molecule has 1 fully saturated rings. The normalized spacial score (nSPS) is 25.0. The third-order valence-electron chi connectivity index (χ3n) is 4.84. The third kappa shape index (κ3) is 3.73. The van der Waals surface area contributed by atoms with Crippen LogP contribution in [-0.4, -0.2) is 19.1 Å². The molecule has 1 aliphatic carbocycles. The molecule has 4 heteroatoms. The molecule has 1 saturated carbocycles. The molecule has 0 bridgehead atoms. The average molecular weight is 304 g/mol. The molecule has 0 aliphatic heterocycles. The Kier molecular flexibility index (Phi) is 5.33. The predicted molar refractivity (Wildman–Crippen MR) is 90.9 cm³/mol. The molecule has 1 aromatic carbocycles. The fraction of sp³-hybridized carbons (Fsp3) is 0.611. The number of nitrogens with two attached hydrogens (primary N) is 1. The van der Waals surface area contributed by atoms with Gasteiger partial charge in [0.1, 0.15) is 0 Å². The Labute approximate surface area is 133 Å². The number of rotatable bonds is 4. The SMILES string of the molecule is COC(=O)c1ccc(N[C@@H]2C[C@H](C)CC[C@H]2C(C)C)c(N)c1. The van der Waals surface area contributed by atoms with Gasteiger partial charge in [0.05, 0.1) is 24.0 Å².